The van der Waals surface area contributed by atoms with Crippen molar-refractivity contribution in [2.75, 3.05) is 18.0 Å². The van der Waals surface area contributed by atoms with E-state index in [1.54, 1.807) is 0 Å². The van der Waals surface area contributed by atoms with E-state index in [9.17, 15) is 4.79 Å². The van der Waals surface area contributed by atoms with E-state index < -0.39 is 0 Å². The number of benzene rings is 2. The van der Waals surface area contributed by atoms with Gasteiger partial charge in [0.05, 0.1) is 12.1 Å². The van der Waals surface area contributed by atoms with Crippen LogP contribution in [-0.2, 0) is 11.3 Å². The minimum absolute atomic E-state index is 0.213. The lowest BCUT2D eigenvalue weighted by atomic mass is 10.0. The fourth-order valence-electron chi connectivity index (χ4n) is 3.82. The molecule has 6 heteroatoms. The van der Waals surface area contributed by atoms with E-state index in [0.717, 1.165) is 41.9 Å². The van der Waals surface area contributed by atoms with Crippen LogP contribution in [0.25, 0.3) is 11.0 Å². The maximum Gasteiger partial charge on any atom is 0.227 e. The van der Waals surface area contributed by atoms with Crippen molar-refractivity contribution in [3.63, 3.8) is 0 Å². The number of hydrogen-bond donors (Lipinski definition) is 1. The van der Waals surface area contributed by atoms with Gasteiger partial charge in [0, 0.05) is 37.2 Å². The second-order valence-electron chi connectivity index (χ2n) is 7.30. The second kappa shape index (κ2) is 7.48. The topological polar surface area (TPSA) is 63.1 Å². The van der Waals surface area contributed by atoms with Crippen molar-refractivity contribution < 1.29 is 4.79 Å². The number of fused-ring (bicyclic) bond motifs is 1. The van der Waals surface area contributed by atoms with Gasteiger partial charge < -0.3 is 10.2 Å². The van der Waals surface area contributed by atoms with Crippen molar-refractivity contribution in [2.24, 2.45) is 5.92 Å². The SMILES string of the molecule is Cc1ccccc1N1CC(C(C)NCCn2nnc3ccccc32)CC1=O. The lowest BCUT2D eigenvalue weighted by molar-refractivity contribution is -0.117. The summed E-state index contributed by atoms with van der Waals surface area (Å²) >= 11 is 0. The number of amides is 1. The predicted octanol–water partition coefficient (Wildman–Crippen LogP) is 2.77. The van der Waals surface area contributed by atoms with E-state index >= 15 is 0 Å². The summed E-state index contributed by atoms with van der Waals surface area (Å²) < 4.78 is 1.93. The summed E-state index contributed by atoms with van der Waals surface area (Å²) in [4.78, 5) is 14.5. The first-order valence-electron chi connectivity index (χ1n) is 9.51. The van der Waals surface area contributed by atoms with Crippen LogP contribution in [0.3, 0.4) is 0 Å². The van der Waals surface area contributed by atoms with Crippen molar-refractivity contribution in [2.45, 2.75) is 32.9 Å². The Morgan fingerprint density at radius 2 is 1.96 bits per heavy atom. The van der Waals surface area contributed by atoms with Gasteiger partial charge in [-0.05, 0) is 37.6 Å². The zero-order chi connectivity index (χ0) is 18.8. The summed E-state index contributed by atoms with van der Waals surface area (Å²) in [6.45, 7) is 6.54. The molecule has 0 radical (unpaired) electrons. The van der Waals surface area contributed by atoms with Crippen LogP contribution in [0.1, 0.15) is 18.9 Å². The van der Waals surface area contributed by atoms with Crippen molar-refractivity contribution in [3.8, 4) is 0 Å². The molecule has 4 rings (SSSR count). The molecule has 2 heterocycles. The van der Waals surface area contributed by atoms with Crippen LogP contribution in [-0.4, -0.2) is 40.0 Å². The Labute approximate surface area is 159 Å². The van der Waals surface area contributed by atoms with Gasteiger partial charge in [-0.3, -0.25) is 4.79 Å². The predicted molar refractivity (Wildman–Crippen MR) is 107 cm³/mol. The number of carbonyl (C=O) groups excluding carboxylic acids is 1. The average molecular weight is 363 g/mol. The molecule has 1 amide bonds. The first-order chi connectivity index (χ1) is 13.1. The van der Waals surface area contributed by atoms with Crippen LogP contribution in [0.4, 0.5) is 5.69 Å². The molecular formula is C21H25N5O. The van der Waals surface area contributed by atoms with Crippen LogP contribution in [0.5, 0.6) is 0 Å². The molecule has 1 saturated heterocycles. The van der Waals surface area contributed by atoms with E-state index in [4.69, 9.17) is 0 Å². The Morgan fingerprint density at radius 1 is 1.19 bits per heavy atom. The van der Waals surface area contributed by atoms with E-state index in [2.05, 4.69) is 35.5 Å². The largest absolute Gasteiger partial charge is 0.312 e. The quantitative estimate of drug-likeness (QED) is 0.731. The third-order valence-electron chi connectivity index (χ3n) is 5.48. The lowest BCUT2D eigenvalue weighted by Crippen LogP contribution is -2.37. The van der Waals surface area contributed by atoms with E-state index in [1.807, 2.05) is 52.0 Å². The van der Waals surface area contributed by atoms with Gasteiger partial charge in [0.1, 0.15) is 5.52 Å². The summed E-state index contributed by atoms with van der Waals surface area (Å²) in [5, 5.41) is 12.0. The lowest BCUT2D eigenvalue weighted by Gasteiger charge is -2.22. The molecule has 1 aliphatic heterocycles. The molecule has 2 atom stereocenters. The third-order valence-corrected chi connectivity index (χ3v) is 5.48. The molecule has 1 fully saturated rings. The summed E-state index contributed by atoms with van der Waals surface area (Å²) in [6.07, 6.45) is 0.592. The maximum atomic E-state index is 12.5. The van der Waals surface area contributed by atoms with Gasteiger partial charge in [0.25, 0.3) is 0 Å². The van der Waals surface area contributed by atoms with Gasteiger partial charge in [-0.1, -0.05) is 35.5 Å². The van der Waals surface area contributed by atoms with E-state index in [-0.39, 0.29) is 11.9 Å². The number of para-hydroxylation sites is 2. The van der Waals surface area contributed by atoms with E-state index in [1.165, 1.54) is 0 Å². The molecule has 1 aliphatic rings. The number of carbonyl (C=O) groups is 1. The van der Waals surface area contributed by atoms with Crippen molar-refractivity contribution in [1.82, 2.24) is 20.3 Å². The molecule has 2 aromatic carbocycles. The highest BCUT2D eigenvalue weighted by atomic mass is 16.2. The summed E-state index contributed by atoms with van der Waals surface area (Å²) in [6, 6.07) is 16.3. The fraction of sp³-hybridized carbons (Fsp3) is 0.381. The summed E-state index contributed by atoms with van der Waals surface area (Å²) in [7, 11) is 0. The Hall–Kier alpha value is -2.73. The summed E-state index contributed by atoms with van der Waals surface area (Å²) in [5.74, 6) is 0.523. The number of hydrogen-bond acceptors (Lipinski definition) is 4. The molecule has 0 spiro atoms. The average Bonchev–Trinajstić information content (AvgIpc) is 3.26. The molecule has 3 aromatic rings. The van der Waals surface area contributed by atoms with Crippen LogP contribution in [0.2, 0.25) is 0 Å². The van der Waals surface area contributed by atoms with Gasteiger partial charge >= 0.3 is 0 Å². The van der Waals surface area contributed by atoms with Gasteiger partial charge in [-0.25, -0.2) is 4.68 Å². The molecule has 0 bridgehead atoms. The van der Waals surface area contributed by atoms with Crippen molar-refractivity contribution in [1.29, 1.82) is 0 Å². The highest BCUT2D eigenvalue weighted by Crippen LogP contribution is 2.29. The first kappa shape index (κ1) is 17.7. The van der Waals surface area contributed by atoms with Gasteiger partial charge in [0.15, 0.2) is 0 Å². The Morgan fingerprint density at radius 3 is 2.81 bits per heavy atom. The first-order valence-corrected chi connectivity index (χ1v) is 9.51. The molecule has 1 aromatic heterocycles. The summed E-state index contributed by atoms with van der Waals surface area (Å²) in [5.41, 5.74) is 4.14. The van der Waals surface area contributed by atoms with Crippen LogP contribution >= 0.6 is 0 Å². The van der Waals surface area contributed by atoms with Gasteiger partial charge in [-0.2, -0.15) is 0 Å². The minimum Gasteiger partial charge on any atom is -0.312 e. The zero-order valence-corrected chi connectivity index (χ0v) is 15.8. The zero-order valence-electron chi connectivity index (χ0n) is 15.8. The number of aromatic nitrogens is 3. The molecule has 2 unspecified atom stereocenters. The second-order valence-corrected chi connectivity index (χ2v) is 7.30. The van der Waals surface area contributed by atoms with Crippen LogP contribution in [0, 0.1) is 12.8 Å². The third kappa shape index (κ3) is 3.57. The molecule has 1 N–H and O–H groups in total. The highest BCUT2D eigenvalue weighted by molar-refractivity contribution is 5.96. The Bertz CT molecular complexity index is 950. The number of nitrogens with one attached hydrogen (secondary N) is 1. The number of anilines is 1. The molecule has 6 nitrogen and oxygen atoms in total. The van der Waals surface area contributed by atoms with Crippen LogP contribution < -0.4 is 10.2 Å². The van der Waals surface area contributed by atoms with E-state index in [0.29, 0.717) is 12.3 Å². The standard InChI is InChI=1S/C21H25N5O/c1-15-7-3-5-9-19(15)25-14-17(13-21(25)27)16(2)22-11-12-26-20-10-6-4-8-18(20)23-24-26/h3-10,16-17,22H,11-14H2,1-2H3. The number of rotatable bonds is 6. The van der Waals surface area contributed by atoms with Crippen molar-refractivity contribution in [3.05, 3.63) is 54.1 Å². The van der Waals surface area contributed by atoms with Crippen molar-refractivity contribution >= 4 is 22.6 Å². The molecule has 0 saturated carbocycles. The Balaban J connectivity index is 1.34. The molecule has 27 heavy (non-hydrogen) atoms. The number of aryl methyl sites for hydroxylation is 1. The minimum atomic E-state index is 0.213. The van der Waals surface area contributed by atoms with Crippen LogP contribution in [0.15, 0.2) is 48.5 Å². The fourth-order valence-corrected chi connectivity index (χ4v) is 3.82. The molecule has 0 aliphatic carbocycles. The molecule has 140 valence electrons. The smallest absolute Gasteiger partial charge is 0.227 e. The Kier molecular flexibility index (Phi) is 4.90. The normalized spacial score (nSPS) is 18.4. The van der Waals surface area contributed by atoms with Gasteiger partial charge in [-0.15, -0.1) is 5.10 Å². The van der Waals surface area contributed by atoms with Gasteiger partial charge in [0.2, 0.25) is 5.91 Å². The highest BCUT2D eigenvalue weighted by Gasteiger charge is 2.34. The number of nitrogens with zero attached hydrogens (tertiary/aromatic N) is 4. The molecular weight excluding hydrogens is 338 g/mol. The maximum absolute atomic E-state index is 12.5. The monoisotopic (exact) mass is 363 g/mol.